The van der Waals surface area contributed by atoms with Crippen molar-refractivity contribution in [1.29, 1.82) is 0 Å². The number of aromatic nitrogens is 2. The number of nitrogens with zero attached hydrogens (tertiary/aromatic N) is 2. The number of amides is 1. The van der Waals surface area contributed by atoms with E-state index >= 15 is 0 Å². The lowest BCUT2D eigenvalue weighted by atomic mass is 10.3. The predicted molar refractivity (Wildman–Crippen MR) is 91.9 cm³/mol. The van der Waals surface area contributed by atoms with Crippen LogP contribution in [0.1, 0.15) is 12.1 Å². The van der Waals surface area contributed by atoms with E-state index in [1.54, 1.807) is 31.2 Å². The largest absolute Gasteiger partial charge is 0.493 e. The summed E-state index contributed by atoms with van der Waals surface area (Å²) in [6, 6.07) is 6.78. The van der Waals surface area contributed by atoms with Gasteiger partial charge in [-0.3, -0.25) is 18.7 Å². The monoisotopic (exact) mass is 351 g/mol. The van der Waals surface area contributed by atoms with Crippen LogP contribution in [0, 0.1) is 6.92 Å². The highest BCUT2D eigenvalue weighted by molar-refractivity contribution is 6.30. The standard InChI is InChI=1S/C16H18ClN3O4/c1-10-14(15(22)20(3)16(23)19(10)2)18-13(21)8-9-24-12-6-4-11(17)5-7-12/h4-7H,8-9H2,1-3H3,(H,18,21). The fraction of sp³-hybridized carbons (Fsp3) is 0.312. The van der Waals surface area contributed by atoms with E-state index in [0.29, 0.717) is 16.5 Å². The molecule has 1 aromatic heterocycles. The van der Waals surface area contributed by atoms with Gasteiger partial charge in [-0.25, -0.2) is 4.79 Å². The smallest absolute Gasteiger partial charge is 0.330 e. The fourth-order valence-corrected chi connectivity index (χ4v) is 2.21. The molecule has 0 aliphatic carbocycles. The lowest BCUT2D eigenvalue weighted by Gasteiger charge is -2.13. The summed E-state index contributed by atoms with van der Waals surface area (Å²) in [7, 11) is 2.90. The van der Waals surface area contributed by atoms with Gasteiger partial charge in [0.05, 0.1) is 13.0 Å². The second kappa shape index (κ2) is 7.35. The molecule has 0 spiro atoms. The van der Waals surface area contributed by atoms with Gasteiger partial charge in [0, 0.05) is 24.8 Å². The molecule has 0 atom stereocenters. The average molecular weight is 352 g/mol. The summed E-state index contributed by atoms with van der Waals surface area (Å²) < 4.78 is 7.70. The number of ether oxygens (including phenoxy) is 1. The van der Waals surface area contributed by atoms with Gasteiger partial charge in [0.15, 0.2) is 0 Å². The molecule has 0 unspecified atom stereocenters. The van der Waals surface area contributed by atoms with Gasteiger partial charge < -0.3 is 10.1 Å². The maximum Gasteiger partial charge on any atom is 0.330 e. The molecule has 7 nitrogen and oxygen atoms in total. The number of rotatable bonds is 5. The molecule has 128 valence electrons. The Morgan fingerprint density at radius 1 is 1.17 bits per heavy atom. The topological polar surface area (TPSA) is 82.3 Å². The molecule has 0 radical (unpaired) electrons. The average Bonchev–Trinajstić information content (AvgIpc) is 2.57. The lowest BCUT2D eigenvalue weighted by Crippen LogP contribution is -2.40. The molecule has 0 saturated heterocycles. The van der Waals surface area contributed by atoms with E-state index in [2.05, 4.69) is 5.32 Å². The summed E-state index contributed by atoms with van der Waals surface area (Å²) in [5.74, 6) is 0.226. The van der Waals surface area contributed by atoms with E-state index in [1.165, 1.54) is 18.7 Å². The zero-order valence-corrected chi connectivity index (χ0v) is 14.4. The van der Waals surface area contributed by atoms with Crippen LogP contribution < -0.4 is 21.3 Å². The number of carbonyl (C=O) groups excluding carboxylic acids is 1. The van der Waals surface area contributed by atoms with Crippen LogP contribution >= 0.6 is 11.6 Å². The second-order valence-electron chi connectivity index (χ2n) is 5.27. The SMILES string of the molecule is Cc1c(NC(=O)CCOc2ccc(Cl)cc2)c(=O)n(C)c(=O)n1C. The molecule has 1 aromatic carbocycles. The van der Waals surface area contributed by atoms with Gasteiger partial charge in [0.25, 0.3) is 5.56 Å². The number of anilines is 1. The number of halogens is 1. The van der Waals surface area contributed by atoms with E-state index in [4.69, 9.17) is 16.3 Å². The zero-order chi connectivity index (χ0) is 17.9. The van der Waals surface area contributed by atoms with Gasteiger partial charge in [-0.2, -0.15) is 0 Å². The van der Waals surface area contributed by atoms with Gasteiger partial charge in [-0.1, -0.05) is 11.6 Å². The summed E-state index contributed by atoms with van der Waals surface area (Å²) >= 11 is 5.78. The van der Waals surface area contributed by atoms with Crippen molar-refractivity contribution in [2.75, 3.05) is 11.9 Å². The molecule has 2 rings (SSSR count). The highest BCUT2D eigenvalue weighted by atomic mass is 35.5. The first-order valence-electron chi connectivity index (χ1n) is 7.26. The number of benzene rings is 1. The molecule has 0 saturated carbocycles. The van der Waals surface area contributed by atoms with E-state index in [1.807, 2.05) is 0 Å². The molecular formula is C16H18ClN3O4. The third-order valence-electron chi connectivity index (χ3n) is 3.63. The third-order valence-corrected chi connectivity index (χ3v) is 3.89. The first-order valence-corrected chi connectivity index (χ1v) is 7.64. The van der Waals surface area contributed by atoms with Crippen LogP contribution in [0.2, 0.25) is 5.02 Å². The van der Waals surface area contributed by atoms with Gasteiger partial charge >= 0.3 is 5.69 Å². The molecule has 1 heterocycles. The molecule has 0 aliphatic heterocycles. The molecular weight excluding hydrogens is 334 g/mol. The van der Waals surface area contributed by atoms with Crippen LogP contribution in [0.4, 0.5) is 5.69 Å². The number of hydrogen-bond acceptors (Lipinski definition) is 4. The van der Waals surface area contributed by atoms with Crippen LogP contribution in [-0.4, -0.2) is 21.6 Å². The maximum atomic E-state index is 12.1. The lowest BCUT2D eigenvalue weighted by molar-refractivity contribution is -0.116. The van der Waals surface area contributed by atoms with E-state index in [0.717, 1.165) is 4.57 Å². The number of nitrogens with one attached hydrogen (secondary N) is 1. The van der Waals surface area contributed by atoms with E-state index in [9.17, 15) is 14.4 Å². The van der Waals surface area contributed by atoms with Crippen molar-refractivity contribution >= 4 is 23.2 Å². The maximum absolute atomic E-state index is 12.1. The molecule has 2 aromatic rings. The van der Waals surface area contributed by atoms with E-state index < -0.39 is 11.2 Å². The Morgan fingerprint density at radius 3 is 2.42 bits per heavy atom. The molecule has 1 amide bonds. The molecule has 0 bridgehead atoms. The number of carbonyl (C=O) groups is 1. The van der Waals surface area contributed by atoms with E-state index in [-0.39, 0.29) is 24.6 Å². The van der Waals surface area contributed by atoms with Crippen LogP contribution in [0.3, 0.4) is 0 Å². The van der Waals surface area contributed by atoms with Crippen LogP contribution in [0.25, 0.3) is 0 Å². The van der Waals surface area contributed by atoms with Crippen molar-refractivity contribution in [1.82, 2.24) is 9.13 Å². The molecule has 24 heavy (non-hydrogen) atoms. The Kier molecular flexibility index (Phi) is 5.46. The summed E-state index contributed by atoms with van der Waals surface area (Å²) in [5, 5.41) is 3.15. The Morgan fingerprint density at radius 2 is 1.79 bits per heavy atom. The minimum Gasteiger partial charge on any atom is -0.493 e. The van der Waals surface area contributed by atoms with Crippen molar-refractivity contribution in [3.63, 3.8) is 0 Å². The number of hydrogen-bond donors (Lipinski definition) is 1. The molecule has 8 heteroatoms. The highest BCUT2D eigenvalue weighted by Gasteiger charge is 2.14. The Labute approximate surface area is 143 Å². The van der Waals surface area contributed by atoms with Crippen LogP contribution in [-0.2, 0) is 18.9 Å². The highest BCUT2D eigenvalue weighted by Crippen LogP contribution is 2.15. The molecule has 0 aliphatic rings. The minimum absolute atomic E-state index is 0.0636. The van der Waals surface area contributed by atoms with Crippen molar-refractivity contribution in [2.45, 2.75) is 13.3 Å². The summed E-state index contributed by atoms with van der Waals surface area (Å²) in [5.41, 5.74) is -0.490. The van der Waals surface area contributed by atoms with Crippen molar-refractivity contribution in [2.24, 2.45) is 14.1 Å². The fourth-order valence-electron chi connectivity index (χ4n) is 2.08. The third kappa shape index (κ3) is 3.86. The normalized spacial score (nSPS) is 10.5. The summed E-state index contributed by atoms with van der Waals surface area (Å²) in [6.45, 7) is 1.75. The molecule has 0 fully saturated rings. The second-order valence-corrected chi connectivity index (χ2v) is 5.70. The Hall–Kier alpha value is -2.54. The van der Waals surface area contributed by atoms with Crippen molar-refractivity contribution < 1.29 is 9.53 Å². The summed E-state index contributed by atoms with van der Waals surface area (Å²) in [4.78, 5) is 35.9. The van der Waals surface area contributed by atoms with Gasteiger partial charge in [0.1, 0.15) is 11.4 Å². The van der Waals surface area contributed by atoms with Gasteiger partial charge in [0.2, 0.25) is 5.91 Å². The molecule has 1 N–H and O–H groups in total. The van der Waals surface area contributed by atoms with Gasteiger partial charge in [-0.15, -0.1) is 0 Å². The Balaban J connectivity index is 2.02. The quantitative estimate of drug-likeness (QED) is 0.884. The van der Waals surface area contributed by atoms with Crippen LogP contribution in [0.5, 0.6) is 5.75 Å². The Bertz CT molecular complexity index is 869. The first-order chi connectivity index (χ1) is 11.3. The minimum atomic E-state index is -0.539. The van der Waals surface area contributed by atoms with Gasteiger partial charge in [-0.05, 0) is 31.2 Å². The summed E-state index contributed by atoms with van der Waals surface area (Å²) in [6.07, 6.45) is 0.0636. The van der Waals surface area contributed by atoms with Crippen LogP contribution in [0.15, 0.2) is 33.9 Å². The van der Waals surface area contributed by atoms with Crippen molar-refractivity contribution in [3.05, 3.63) is 55.8 Å². The zero-order valence-electron chi connectivity index (χ0n) is 13.6. The predicted octanol–water partition coefficient (Wildman–Crippen LogP) is 1.45. The van der Waals surface area contributed by atoms with Crippen molar-refractivity contribution in [3.8, 4) is 5.75 Å². The first kappa shape index (κ1) is 17.8.